The van der Waals surface area contributed by atoms with Crippen LogP contribution in [0.2, 0.25) is 0 Å². The van der Waals surface area contributed by atoms with Gasteiger partial charge in [-0.05, 0) is 58.6 Å². The summed E-state index contributed by atoms with van der Waals surface area (Å²) in [6.07, 6.45) is 1.27. The number of esters is 1. The minimum atomic E-state index is -1.18. The number of carbonyl (C=O) groups excluding carboxylic acids is 2. The maximum absolute atomic E-state index is 13.6. The Bertz CT molecular complexity index is 1350. The van der Waals surface area contributed by atoms with E-state index in [2.05, 4.69) is 19.2 Å². The number of carboxylic acid groups (broad SMARTS) is 1. The highest BCUT2D eigenvalue weighted by molar-refractivity contribution is 5.99. The molecule has 3 rings (SSSR count). The summed E-state index contributed by atoms with van der Waals surface area (Å²) in [6, 6.07) is 9.00. The van der Waals surface area contributed by atoms with Crippen molar-refractivity contribution in [2.75, 3.05) is 0 Å². The van der Waals surface area contributed by atoms with Gasteiger partial charge >= 0.3 is 18.0 Å². The number of aromatic carboxylic acids is 1. The Balaban J connectivity index is 2.11. The van der Waals surface area contributed by atoms with E-state index in [1.807, 2.05) is 31.2 Å². The second kappa shape index (κ2) is 12.1. The van der Waals surface area contributed by atoms with Gasteiger partial charge in [0.2, 0.25) is 0 Å². The van der Waals surface area contributed by atoms with Gasteiger partial charge in [-0.25, -0.2) is 14.4 Å². The van der Waals surface area contributed by atoms with E-state index in [9.17, 15) is 19.5 Å². The number of aryl methyl sites for hydroxylation is 2. The number of amides is 1. The van der Waals surface area contributed by atoms with Crippen LogP contribution < -0.4 is 5.32 Å². The monoisotopic (exact) mass is 536 g/mol. The second-order valence-corrected chi connectivity index (χ2v) is 10.8. The molecule has 0 unspecified atom stereocenters. The van der Waals surface area contributed by atoms with Crippen LogP contribution in [0.25, 0.3) is 11.1 Å². The van der Waals surface area contributed by atoms with Crippen LogP contribution in [-0.2, 0) is 29.0 Å². The quantitative estimate of drug-likeness (QED) is 0.308. The van der Waals surface area contributed by atoms with Gasteiger partial charge in [0.25, 0.3) is 0 Å². The van der Waals surface area contributed by atoms with Crippen molar-refractivity contribution >= 4 is 18.0 Å². The fourth-order valence-electron chi connectivity index (χ4n) is 4.16. The summed E-state index contributed by atoms with van der Waals surface area (Å²) in [5, 5.41) is 12.2. The molecule has 39 heavy (non-hydrogen) atoms. The van der Waals surface area contributed by atoms with Crippen molar-refractivity contribution in [1.29, 1.82) is 0 Å². The largest absolute Gasteiger partial charge is 0.478 e. The molecule has 9 heteroatoms. The van der Waals surface area contributed by atoms with E-state index in [1.165, 1.54) is 12.3 Å². The normalized spacial score (nSPS) is 11.4. The lowest BCUT2D eigenvalue weighted by Gasteiger charge is -2.23. The van der Waals surface area contributed by atoms with Crippen LogP contribution in [0.1, 0.15) is 83.6 Å². The molecule has 9 nitrogen and oxygen atoms in total. The Labute approximate surface area is 228 Å². The van der Waals surface area contributed by atoms with E-state index in [4.69, 9.17) is 18.9 Å². The maximum Gasteiger partial charge on any atom is 0.407 e. The standard InChI is InChI=1S/C30H36N2O7/c1-17(2)14-23-22(15-31-29(36)39-30(5,6)7)26(20-10-8-18(3)9-11-20)25(19(4)32-23)28(35)38-16-24-21(27(33)34)12-13-37-24/h8-13,17H,14-16H2,1-7H3,(H,31,36)(H,33,34). The maximum atomic E-state index is 13.6. The summed E-state index contributed by atoms with van der Waals surface area (Å²) in [7, 11) is 0. The number of aromatic nitrogens is 1. The first-order valence-electron chi connectivity index (χ1n) is 12.8. The van der Waals surface area contributed by atoms with Gasteiger partial charge in [-0.1, -0.05) is 43.7 Å². The van der Waals surface area contributed by atoms with Crippen LogP contribution in [0.4, 0.5) is 4.79 Å². The van der Waals surface area contributed by atoms with E-state index in [0.717, 1.165) is 16.8 Å². The van der Waals surface area contributed by atoms with Gasteiger partial charge < -0.3 is 24.3 Å². The van der Waals surface area contributed by atoms with Crippen LogP contribution in [0.15, 0.2) is 41.0 Å². The molecular weight excluding hydrogens is 500 g/mol. The fourth-order valence-corrected chi connectivity index (χ4v) is 4.16. The van der Waals surface area contributed by atoms with Crippen LogP contribution in [-0.4, -0.2) is 33.7 Å². The lowest BCUT2D eigenvalue weighted by molar-refractivity contribution is 0.0436. The number of hydrogen-bond donors (Lipinski definition) is 2. The summed E-state index contributed by atoms with van der Waals surface area (Å²) in [6.45, 7) is 12.9. The van der Waals surface area contributed by atoms with E-state index in [0.29, 0.717) is 23.2 Å². The van der Waals surface area contributed by atoms with Crippen molar-refractivity contribution in [2.45, 2.75) is 73.6 Å². The molecule has 0 spiro atoms. The summed E-state index contributed by atoms with van der Waals surface area (Å²) < 4.78 is 16.2. The Morgan fingerprint density at radius 2 is 1.74 bits per heavy atom. The zero-order chi connectivity index (χ0) is 28.9. The third-order valence-corrected chi connectivity index (χ3v) is 5.83. The Kier molecular flexibility index (Phi) is 9.16. The third kappa shape index (κ3) is 7.69. The summed E-state index contributed by atoms with van der Waals surface area (Å²) in [4.78, 5) is 42.3. The lowest BCUT2D eigenvalue weighted by atomic mass is 9.89. The number of nitrogens with one attached hydrogen (secondary N) is 1. The van der Waals surface area contributed by atoms with Gasteiger partial charge in [-0.3, -0.25) is 4.98 Å². The molecule has 0 aliphatic rings. The molecule has 3 aromatic rings. The van der Waals surface area contributed by atoms with Crippen LogP contribution >= 0.6 is 0 Å². The predicted octanol–water partition coefficient (Wildman–Crippen LogP) is 6.24. The molecule has 0 aliphatic heterocycles. The highest BCUT2D eigenvalue weighted by Gasteiger charge is 2.27. The first kappa shape index (κ1) is 29.4. The topological polar surface area (TPSA) is 128 Å². The Morgan fingerprint density at radius 3 is 2.33 bits per heavy atom. The van der Waals surface area contributed by atoms with Crippen LogP contribution in [0.3, 0.4) is 0 Å². The number of furan rings is 1. The Morgan fingerprint density at radius 1 is 1.08 bits per heavy atom. The van der Waals surface area contributed by atoms with Gasteiger partial charge in [0.05, 0.1) is 17.5 Å². The molecule has 1 aromatic carbocycles. The molecule has 2 heterocycles. The minimum Gasteiger partial charge on any atom is -0.478 e. The number of rotatable bonds is 9. The number of ether oxygens (including phenoxy) is 2. The van der Waals surface area contributed by atoms with Crippen molar-refractivity contribution in [1.82, 2.24) is 10.3 Å². The van der Waals surface area contributed by atoms with E-state index < -0.39 is 23.6 Å². The number of pyridine rings is 1. The molecule has 208 valence electrons. The van der Waals surface area contributed by atoms with E-state index >= 15 is 0 Å². The van der Waals surface area contributed by atoms with E-state index in [-0.39, 0.29) is 36.0 Å². The molecule has 2 aromatic heterocycles. The number of alkyl carbamates (subject to hydrolysis) is 1. The number of carboxylic acids is 1. The molecule has 0 atom stereocenters. The highest BCUT2D eigenvalue weighted by Crippen LogP contribution is 2.34. The van der Waals surface area contributed by atoms with Crippen molar-refractivity contribution in [3.63, 3.8) is 0 Å². The van der Waals surface area contributed by atoms with Gasteiger partial charge in [0.15, 0.2) is 12.4 Å². The Hall–Kier alpha value is -4.14. The number of benzene rings is 1. The highest BCUT2D eigenvalue weighted by atomic mass is 16.6. The molecule has 0 saturated carbocycles. The predicted molar refractivity (Wildman–Crippen MR) is 146 cm³/mol. The zero-order valence-corrected chi connectivity index (χ0v) is 23.5. The van der Waals surface area contributed by atoms with Crippen molar-refractivity contribution in [2.24, 2.45) is 5.92 Å². The summed E-state index contributed by atoms with van der Waals surface area (Å²) >= 11 is 0. The van der Waals surface area contributed by atoms with Gasteiger partial charge in [-0.15, -0.1) is 0 Å². The molecule has 1 amide bonds. The van der Waals surface area contributed by atoms with Crippen LogP contribution in [0, 0.1) is 19.8 Å². The van der Waals surface area contributed by atoms with Crippen molar-refractivity contribution < 1.29 is 33.4 Å². The van der Waals surface area contributed by atoms with Gasteiger partial charge in [0.1, 0.15) is 11.2 Å². The first-order valence-corrected chi connectivity index (χ1v) is 12.8. The summed E-state index contributed by atoms with van der Waals surface area (Å²) in [5.74, 6) is -1.57. The third-order valence-electron chi connectivity index (χ3n) is 5.83. The second-order valence-electron chi connectivity index (χ2n) is 10.8. The molecule has 0 bridgehead atoms. The van der Waals surface area contributed by atoms with Crippen molar-refractivity contribution in [3.8, 4) is 11.1 Å². The first-order chi connectivity index (χ1) is 18.3. The SMILES string of the molecule is Cc1ccc(-c2c(CNC(=O)OC(C)(C)C)c(CC(C)C)nc(C)c2C(=O)OCc2occc2C(=O)O)cc1. The molecule has 0 aliphatic carbocycles. The average molecular weight is 537 g/mol. The molecule has 0 saturated heterocycles. The van der Waals surface area contributed by atoms with Gasteiger partial charge in [-0.2, -0.15) is 0 Å². The average Bonchev–Trinajstić information content (AvgIpc) is 3.30. The van der Waals surface area contributed by atoms with Crippen molar-refractivity contribution in [3.05, 3.63) is 76.0 Å². The molecule has 0 radical (unpaired) electrons. The molecular formula is C30H36N2O7. The number of hydrogen-bond acceptors (Lipinski definition) is 7. The van der Waals surface area contributed by atoms with Crippen LogP contribution in [0.5, 0.6) is 0 Å². The zero-order valence-electron chi connectivity index (χ0n) is 23.5. The number of carbonyl (C=O) groups is 3. The molecule has 2 N–H and O–H groups in total. The fraction of sp³-hybridized carbons (Fsp3) is 0.400. The molecule has 0 fully saturated rings. The smallest absolute Gasteiger partial charge is 0.407 e. The number of nitrogens with zero attached hydrogens (tertiary/aromatic N) is 1. The lowest BCUT2D eigenvalue weighted by Crippen LogP contribution is -2.32. The van der Waals surface area contributed by atoms with E-state index in [1.54, 1.807) is 27.7 Å². The summed E-state index contributed by atoms with van der Waals surface area (Å²) in [5.41, 5.74) is 3.78. The van der Waals surface area contributed by atoms with Gasteiger partial charge in [0, 0.05) is 23.4 Å². The minimum absolute atomic E-state index is 0.0293.